The predicted molar refractivity (Wildman–Crippen MR) is 114 cm³/mol. The van der Waals surface area contributed by atoms with Crippen LogP contribution in [0.25, 0.3) is 0 Å². The fraction of sp³-hybridized carbons (Fsp3) is 0.682. The van der Waals surface area contributed by atoms with E-state index in [0.717, 1.165) is 17.4 Å². The van der Waals surface area contributed by atoms with Crippen LogP contribution in [0.2, 0.25) is 0 Å². The summed E-state index contributed by atoms with van der Waals surface area (Å²) >= 11 is 0. The lowest BCUT2D eigenvalue weighted by molar-refractivity contribution is 0.00578. The van der Waals surface area contributed by atoms with Crippen LogP contribution in [-0.2, 0) is 19.5 Å². The molecule has 0 aromatic heterocycles. The number of ether oxygens (including phenoxy) is 1. The number of alkyl carbamates (subject to hydrolysis) is 1. The molecule has 0 radical (unpaired) electrons. The van der Waals surface area contributed by atoms with Crippen LogP contribution in [0, 0.1) is 0 Å². The van der Waals surface area contributed by atoms with E-state index in [1.54, 1.807) is 0 Å². The van der Waals surface area contributed by atoms with Gasteiger partial charge in [0.05, 0.1) is 11.2 Å². The van der Waals surface area contributed by atoms with E-state index in [9.17, 15) is 4.79 Å². The smallest absolute Gasteiger partial charge is 0.444 e. The second-order valence-electron chi connectivity index (χ2n) is 9.98. The Balaban J connectivity index is 2.17. The zero-order valence-electron chi connectivity index (χ0n) is 18.9. The van der Waals surface area contributed by atoms with E-state index in [1.807, 2.05) is 32.9 Å². The zero-order chi connectivity index (χ0) is 21.4. The molecule has 0 aliphatic carbocycles. The highest BCUT2D eigenvalue weighted by molar-refractivity contribution is 6.62. The van der Waals surface area contributed by atoms with Crippen molar-refractivity contribution in [1.82, 2.24) is 5.32 Å². The minimum Gasteiger partial charge on any atom is -0.444 e. The molecule has 1 aliphatic rings. The number of nitrogens with one attached hydrogen (secondary N) is 1. The minimum absolute atomic E-state index is 0.226. The van der Waals surface area contributed by atoms with Crippen LogP contribution in [0.5, 0.6) is 0 Å². The summed E-state index contributed by atoms with van der Waals surface area (Å²) in [5.74, 6) is 0. The molecule has 1 amide bonds. The molecule has 1 aromatic carbocycles. The van der Waals surface area contributed by atoms with Gasteiger partial charge in [-0.05, 0) is 65.9 Å². The summed E-state index contributed by atoms with van der Waals surface area (Å²) in [5.41, 5.74) is 0.645. The molecule has 28 heavy (non-hydrogen) atoms. The molecule has 1 saturated heterocycles. The average molecular weight is 389 g/mol. The van der Waals surface area contributed by atoms with Crippen molar-refractivity contribution in [3.8, 4) is 0 Å². The molecular formula is C22H36BNO4. The number of hydrogen-bond acceptors (Lipinski definition) is 4. The largest absolute Gasteiger partial charge is 0.494 e. The first-order chi connectivity index (χ1) is 12.7. The Bertz CT molecular complexity index is 695. The third-order valence-corrected chi connectivity index (χ3v) is 5.91. The van der Waals surface area contributed by atoms with E-state index in [1.165, 1.54) is 0 Å². The van der Waals surface area contributed by atoms with Crippen molar-refractivity contribution in [2.75, 3.05) is 6.54 Å². The molecule has 5 nitrogen and oxygen atoms in total. The fourth-order valence-electron chi connectivity index (χ4n) is 3.05. The molecule has 1 unspecified atom stereocenters. The van der Waals surface area contributed by atoms with E-state index < -0.39 is 18.8 Å². The van der Waals surface area contributed by atoms with Gasteiger partial charge in [0.15, 0.2) is 0 Å². The standard InChI is InChI=1S/C22H36BNO4/c1-10-22(9,15-24-18(25)26-19(2,3)4)16-12-11-13-17(14-16)23-27-20(5,6)21(7,8)28-23/h11-14H,10,15H2,1-9H3,(H,24,25). The molecule has 0 spiro atoms. The predicted octanol–water partition coefficient (Wildman–Crippen LogP) is 4.18. The lowest BCUT2D eigenvalue weighted by Gasteiger charge is -2.32. The highest BCUT2D eigenvalue weighted by atomic mass is 16.7. The number of carbonyl (C=O) groups excluding carboxylic acids is 1. The normalized spacial score (nSPS) is 20.5. The third-order valence-electron chi connectivity index (χ3n) is 5.91. The first-order valence-corrected chi connectivity index (χ1v) is 10.1. The summed E-state index contributed by atoms with van der Waals surface area (Å²) in [6, 6.07) is 8.28. The van der Waals surface area contributed by atoms with Crippen LogP contribution in [0.1, 0.15) is 74.3 Å². The van der Waals surface area contributed by atoms with Crippen molar-refractivity contribution < 1.29 is 18.8 Å². The number of amides is 1. The molecule has 0 saturated carbocycles. The van der Waals surface area contributed by atoms with Gasteiger partial charge in [-0.15, -0.1) is 0 Å². The molecule has 1 N–H and O–H groups in total. The monoisotopic (exact) mass is 389 g/mol. The molecule has 1 aliphatic heterocycles. The van der Waals surface area contributed by atoms with Gasteiger partial charge < -0.3 is 19.4 Å². The van der Waals surface area contributed by atoms with E-state index in [2.05, 4.69) is 59.0 Å². The summed E-state index contributed by atoms with van der Waals surface area (Å²) in [7, 11) is -0.398. The second kappa shape index (κ2) is 7.71. The molecular weight excluding hydrogens is 353 g/mol. The maximum atomic E-state index is 12.1. The highest BCUT2D eigenvalue weighted by Crippen LogP contribution is 2.37. The molecule has 6 heteroatoms. The first-order valence-electron chi connectivity index (χ1n) is 10.1. The molecule has 0 bridgehead atoms. The summed E-state index contributed by atoms with van der Waals surface area (Å²) in [6.07, 6.45) is 0.476. The number of hydrogen-bond donors (Lipinski definition) is 1. The van der Waals surface area contributed by atoms with Gasteiger partial charge >= 0.3 is 13.2 Å². The van der Waals surface area contributed by atoms with Gasteiger partial charge in [0.2, 0.25) is 0 Å². The first kappa shape index (κ1) is 22.8. The number of benzene rings is 1. The summed E-state index contributed by atoms with van der Waals surface area (Å²) in [4.78, 5) is 12.1. The summed E-state index contributed by atoms with van der Waals surface area (Å²) in [6.45, 7) is 18.6. The molecule has 2 rings (SSSR count). The van der Waals surface area contributed by atoms with E-state index in [4.69, 9.17) is 14.0 Å². The maximum Gasteiger partial charge on any atom is 0.494 e. The molecule has 1 heterocycles. The Morgan fingerprint density at radius 1 is 1.11 bits per heavy atom. The van der Waals surface area contributed by atoms with Crippen LogP contribution in [0.3, 0.4) is 0 Å². The zero-order valence-corrected chi connectivity index (χ0v) is 18.9. The molecule has 1 fully saturated rings. The van der Waals surface area contributed by atoms with Gasteiger partial charge in [-0.1, -0.05) is 38.1 Å². The second-order valence-corrected chi connectivity index (χ2v) is 9.98. The lowest BCUT2D eigenvalue weighted by Crippen LogP contribution is -2.42. The quantitative estimate of drug-likeness (QED) is 0.768. The maximum absolute atomic E-state index is 12.1. The fourth-order valence-corrected chi connectivity index (χ4v) is 3.05. The SMILES string of the molecule is CCC(C)(CNC(=O)OC(C)(C)C)c1cccc(B2OC(C)(C)C(C)(C)O2)c1. The highest BCUT2D eigenvalue weighted by Gasteiger charge is 2.51. The average Bonchev–Trinajstić information content (AvgIpc) is 2.79. The van der Waals surface area contributed by atoms with Gasteiger partial charge in [-0.2, -0.15) is 0 Å². The Morgan fingerprint density at radius 2 is 1.68 bits per heavy atom. The Kier molecular flexibility index (Phi) is 6.27. The minimum atomic E-state index is -0.511. The van der Waals surface area contributed by atoms with Crippen LogP contribution >= 0.6 is 0 Å². The molecule has 1 atom stereocenters. The molecule has 1 aromatic rings. The topological polar surface area (TPSA) is 56.8 Å². The van der Waals surface area contributed by atoms with Crippen molar-refractivity contribution in [2.45, 2.75) is 91.0 Å². The van der Waals surface area contributed by atoms with E-state index in [-0.39, 0.29) is 16.6 Å². The van der Waals surface area contributed by atoms with Crippen molar-refractivity contribution >= 4 is 18.7 Å². The van der Waals surface area contributed by atoms with Gasteiger partial charge in [0, 0.05) is 12.0 Å². The third kappa shape index (κ3) is 5.09. The Hall–Kier alpha value is -1.53. The van der Waals surface area contributed by atoms with Gasteiger partial charge in [-0.25, -0.2) is 4.79 Å². The van der Waals surface area contributed by atoms with Gasteiger partial charge in [0.25, 0.3) is 0 Å². The van der Waals surface area contributed by atoms with Crippen molar-refractivity contribution in [2.24, 2.45) is 0 Å². The van der Waals surface area contributed by atoms with E-state index >= 15 is 0 Å². The lowest BCUT2D eigenvalue weighted by atomic mass is 9.73. The summed E-state index contributed by atoms with van der Waals surface area (Å²) < 4.78 is 17.8. The number of carbonyl (C=O) groups is 1. The van der Waals surface area contributed by atoms with Crippen molar-refractivity contribution in [3.05, 3.63) is 29.8 Å². The van der Waals surface area contributed by atoms with Gasteiger partial charge in [-0.3, -0.25) is 0 Å². The van der Waals surface area contributed by atoms with Crippen LogP contribution in [0.15, 0.2) is 24.3 Å². The summed E-state index contributed by atoms with van der Waals surface area (Å²) in [5, 5.41) is 2.92. The number of rotatable bonds is 5. The Morgan fingerprint density at radius 3 is 2.18 bits per heavy atom. The van der Waals surface area contributed by atoms with Crippen LogP contribution < -0.4 is 10.8 Å². The van der Waals surface area contributed by atoms with E-state index in [0.29, 0.717) is 6.54 Å². The van der Waals surface area contributed by atoms with Crippen molar-refractivity contribution in [1.29, 1.82) is 0 Å². The molecule has 156 valence electrons. The van der Waals surface area contributed by atoms with Crippen molar-refractivity contribution in [3.63, 3.8) is 0 Å². The Labute approximate surface area is 170 Å². The van der Waals surface area contributed by atoms with Crippen LogP contribution in [-0.4, -0.2) is 36.6 Å². The van der Waals surface area contributed by atoms with Gasteiger partial charge in [0.1, 0.15) is 5.60 Å². The van der Waals surface area contributed by atoms with Crippen LogP contribution in [0.4, 0.5) is 4.79 Å².